The second-order valence-corrected chi connectivity index (χ2v) is 6.61. The van der Waals surface area contributed by atoms with Crippen LogP contribution in [0.15, 0.2) is 47.1 Å². The van der Waals surface area contributed by atoms with Crippen LogP contribution in [0.25, 0.3) is 0 Å². The highest BCUT2D eigenvalue weighted by atomic mass is 16.5. The molecule has 0 atom stereocenters. The zero-order valence-corrected chi connectivity index (χ0v) is 15.2. The smallest absolute Gasteiger partial charge is 0.289 e. The number of amides is 2. The fourth-order valence-corrected chi connectivity index (χ4v) is 3.01. The van der Waals surface area contributed by atoms with Gasteiger partial charge in [0.25, 0.3) is 11.8 Å². The van der Waals surface area contributed by atoms with Crippen molar-refractivity contribution in [2.45, 2.75) is 26.4 Å². The van der Waals surface area contributed by atoms with Crippen molar-refractivity contribution in [3.8, 4) is 5.75 Å². The maximum absolute atomic E-state index is 12.8. The molecule has 1 aromatic heterocycles. The number of hydrogen-bond donors (Lipinski definition) is 0. The molecule has 0 aliphatic carbocycles. The van der Waals surface area contributed by atoms with Gasteiger partial charge in [-0.15, -0.1) is 0 Å². The number of ether oxygens (including phenoxy) is 1. The first-order valence-corrected chi connectivity index (χ1v) is 8.93. The molecule has 1 aliphatic rings. The molecule has 1 saturated heterocycles. The van der Waals surface area contributed by atoms with Crippen LogP contribution in [0.4, 0.5) is 0 Å². The lowest BCUT2D eigenvalue weighted by Crippen LogP contribution is -2.37. The molecule has 0 N–H and O–H groups in total. The Morgan fingerprint density at radius 3 is 2.19 bits per heavy atom. The van der Waals surface area contributed by atoms with Crippen molar-refractivity contribution in [2.24, 2.45) is 0 Å². The van der Waals surface area contributed by atoms with E-state index >= 15 is 0 Å². The van der Waals surface area contributed by atoms with Crippen LogP contribution >= 0.6 is 0 Å². The SMILES string of the molecule is CC(C)Oc1ccc(C(=O)N2CCCN(C(=O)c3ccco3)CC2)cc1. The molecule has 2 heterocycles. The summed E-state index contributed by atoms with van der Waals surface area (Å²) in [6, 6.07) is 10.6. The number of benzene rings is 1. The minimum atomic E-state index is -0.125. The lowest BCUT2D eigenvalue weighted by Gasteiger charge is -2.22. The first kappa shape index (κ1) is 18.0. The molecular weight excluding hydrogens is 332 g/mol. The maximum Gasteiger partial charge on any atom is 0.289 e. The quantitative estimate of drug-likeness (QED) is 0.845. The molecule has 2 amide bonds. The van der Waals surface area contributed by atoms with Crippen LogP contribution < -0.4 is 4.74 Å². The summed E-state index contributed by atoms with van der Waals surface area (Å²) in [5.74, 6) is 0.945. The average Bonchev–Trinajstić information content (AvgIpc) is 3.05. The van der Waals surface area contributed by atoms with E-state index in [1.54, 1.807) is 34.1 Å². The van der Waals surface area contributed by atoms with Gasteiger partial charge in [-0.2, -0.15) is 0 Å². The molecule has 6 heteroatoms. The topological polar surface area (TPSA) is 63.0 Å². The Bertz CT molecular complexity index is 738. The van der Waals surface area contributed by atoms with Crippen LogP contribution in [0.2, 0.25) is 0 Å². The second kappa shape index (κ2) is 8.08. The molecule has 0 unspecified atom stereocenters. The summed E-state index contributed by atoms with van der Waals surface area (Å²) in [6.45, 7) is 6.18. The Kier molecular flexibility index (Phi) is 5.61. The lowest BCUT2D eigenvalue weighted by atomic mass is 10.2. The molecule has 6 nitrogen and oxygen atoms in total. The third-order valence-corrected chi connectivity index (χ3v) is 4.28. The second-order valence-electron chi connectivity index (χ2n) is 6.61. The van der Waals surface area contributed by atoms with Gasteiger partial charge in [-0.25, -0.2) is 0 Å². The van der Waals surface area contributed by atoms with Crippen molar-refractivity contribution >= 4 is 11.8 Å². The predicted molar refractivity (Wildman–Crippen MR) is 97.3 cm³/mol. The van der Waals surface area contributed by atoms with Crippen LogP contribution in [-0.2, 0) is 0 Å². The zero-order chi connectivity index (χ0) is 18.5. The van der Waals surface area contributed by atoms with Gasteiger partial charge in [0.15, 0.2) is 5.76 Å². The Morgan fingerprint density at radius 1 is 0.962 bits per heavy atom. The van der Waals surface area contributed by atoms with Crippen molar-refractivity contribution in [1.29, 1.82) is 0 Å². The standard InChI is InChI=1S/C20H24N2O4/c1-15(2)26-17-8-6-16(7-9-17)19(23)21-10-4-11-22(13-12-21)20(24)18-5-3-14-25-18/h3,5-9,14-15H,4,10-13H2,1-2H3. The summed E-state index contributed by atoms with van der Waals surface area (Å²) >= 11 is 0. The van der Waals surface area contributed by atoms with Crippen molar-refractivity contribution in [3.05, 3.63) is 54.0 Å². The summed E-state index contributed by atoms with van der Waals surface area (Å²) in [7, 11) is 0. The molecule has 0 bridgehead atoms. The monoisotopic (exact) mass is 356 g/mol. The predicted octanol–water partition coefficient (Wildman–Crippen LogP) is 3.06. The highest BCUT2D eigenvalue weighted by Crippen LogP contribution is 2.17. The largest absolute Gasteiger partial charge is 0.491 e. The molecule has 3 rings (SSSR count). The van der Waals surface area contributed by atoms with Crippen LogP contribution in [0.3, 0.4) is 0 Å². The van der Waals surface area contributed by atoms with Crippen LogP contribution in [0, 0.1) is 0 Å². The van der Waals surface area contributed by atoms with Crippen LogP contribution in [-0.4, -0.2) is 53.9 Å². The average molecular weight is 356 g/mol. The van der Waals surface area contributed by atoms with E-state index in [2.05, 4.69) is 0 Å². The van der Waals surface area contributed by atoms with E-state index in [9.17, 15) is 9.59 Å². The Hall–Kier alpha value is -2.76. The van der Waals surface area contributed by atoms with Crippen LogP contribution in [0.1, 0.15) is 41.2 Å². The molecule has 138 valence electrons. The Balaban J connectivity index is 1.61. The lowest BCUT2D eigenvalue weighted by molar-refractivity contribution is 0.0700. The molecule has 1 fully saturated rings. The minimum Gasteiger partial charge on any atom is -0.491 e. The van der Waals surface area contributed by atoms with Gasteiger partial charge >= 0.3 is 0 Å². The van der Waals surface area contributed by atoms with E-state index in [-0.39, 0.29) is 17.9 Å². The first-order valence-electron chi connectivity index (χ1n) is 8.93. The van der Waals surface area contributed by atoms with E-state index in [1.165, 1.54) is 6.26 Å². The normalized spacial score (nSPS) is 15.0. The highest BCUT2D eigenvalue weighted by molar-refractivity contribution is 5.94. The van der Waals surface area contributed by atoms with Gasteiger partial charge in [0.2, 0.25) is 0 Å². The Morgan fingerprint density at radius 2 is 1.62 bits per heavy atom. The number of rotatable bonds is 4. The maximum atomic E-state index is 12.8. The van der Waals surface area contributed by atoms with E-state index in [4.69, 9.17) is 9.15 Å². The fraction of sp³-hybridized carbons (Fsp3) is 0.400. The third-order valence-electron chi connectivity index (χ3n) is 4.28. The Labute approximate surface area is 153 Å². The molecule has 0 radical (unpaired) electrons. The molecular formula is C20H24N2O4. The van der Waals surface area contributed by atoms with Crippen molar-refractivity contribution in [3.63, 3.8) is 0 Å². The third kappa shape index (κ3) is 4.25. The summed E-state index contributed by atoms with van der Waals surface area (Å²) in [4.78, 5) is 28.7. The highest BCUT2D eigenvalue weighted by Gasteiger charge is 2.24. The number of nitrogens with zero attached hydrogens (tertiary/aromatic N) is 2. The van der Waals surface area contributed by atoms with Crippen molar-refractivity contribution in [1.82, 2.24) is 9.80 Å². The number of hydrogen-bond acceptors (Lipinski definition) is 4. The van der Waals surface area contributed by atoms with Gasteiger partial charge < -0.3 is 19.0 Å². The van der Waals surface area contributed by atoms with E-state index in [1.807, 2.05) is 26.0 Å². The molecule has 26 heavy (non-hydrogen) atoms. The van der Waals surface area contributed by atoms with Gasteiger partial charge in [-0.1, -0.05) is 0 Å². The van der Waals surface area contributed by atoms with E-state index in [0.717, 1.165) is 12.2 Å². The van der Waals surface area contributed by atoms with Gasteiger partial charge in [0, 0.05) is 31.7 Å². The number of furan rings is 1. The van der Waals surface area contributed by atoms with Gasteiger partial charge in [0.05, 0.1) is 12.4 Å². The van der Waals surface area contributed by atoms with Crippen molar-refractivity contribution < 1.29 is 18.7 Å². The van der Waals surface area contributed by atoms with Crippen molar-refractivity contribution in [2.75, 3.05) is 26.2 Å². The summed E-state index contributed by atoms with van der Waals surface area (Å²) in [6.07, 6.45) is 2.33. The van der Waals surface area contributed by atoms with Gasteiger partial charge in [0.1, 0.15) is 5.75 Å². The first-order chi connectivity index (χ1) is 12.5. The summed E-state index contributed by atoms with van der Waals surface area (Å²) in [5, 5.41) is 0. The number of carbonyl (C=O) groups is 2. The van der Waals surface area contributed by atoms with E-state index in [0.29, 0.717) is 37.5 Å². The van der Waals surface area contributed by atoms with Gasteiger partial charge in [-0.3, -0.25) is 9.59 Å². The van der Waals surface area contributed by atoms with Gasteiger partial charge in [-0.05, 0) is 56.7 Å². The number of carbonyl (C=O) groups excluding carboxylic acids is 2. The molecule has 0 spiro atoms. The molecule has 2 aromatic rings. The molecule has 1 aromatic carbocycles. The molecule has 0 saturated carbocycles. The fourth-order valence-electron chi connectivity index (χ4n) is 3.01. The van der Waals surface area contributed by atoms with E-state index < -0.39 is 0 Å². The minimum absolute atomic E-state index is 0.0200. The summed E-state index contributed by atoms with van der Waals surface area (Å²) in [5.41, 5.74) is 0.631. The molecule has 1 aliphatic heterocycles. The zero-order valence-electron chi connectivity index (χ0n) is 15.2. The summed E-state index contributed by atoms with van der Waals surface area (Å²) < 4.78 is 10.8. The van der Waals surface area contributed by atoms with Crippen LogP contribution in [0.5, 0.6) is 5.75 Å².